The van der Waals surface area contributed by atoms with Gasteiger partial charge in [0.15, 0.2) is 9.84 Å². The highest BCUT2D eigenvalue weighted by molar-refractivity contribution is 7.90. The van der Waals surface area contributed by atoms with Gasteiger partial charge in [0.2, 0.25) is 5.91 Å². The summed E-state index contributed by atoms with van der Waals surface area (Å²) in [6.45, 7) is 1.75. The van der Waals surface area contributed by atoms with Gasteiger partial charge in [0, 0.05) is 13.3 Å². The zero-order chi connectivity index (χ0) is 13.1. The fraction of sp³-hybridized carbons (Fsp3) is 0.364. The SMILES string of the molecule is CNNC(=O)C(C)c1ccc(S(C)(=O)=O)cc1. The normalized spacial score (nSPS) is 13.1. The fourth-order valence-electron chi connectivity index (χ4n) is 1.39. The molecular weight excluding hydrogens is 240 g/mol. The molecule has 0 fully saturated rings. The molecule has 1 rings (SSSR count). The minimum atomic E-state index is -3.19. The van der Waals surface area contributed by atoms with E-state index in [1.807, 2.05) is 0 Å². The molecule has 0 aliphatic rings. The lowest BCUT2D eigenvalue weighted by molar-refractivity contribution is -0.123. The third-order valence-corrected chi connectivity index (χ3v) is 3.58. The fourth-order valence-corrected chi connectivity index (χ4v) is 2.02. The number of carbonyl (C=O) groups excluding carboxylic acids is 1. The quantitative estimate of drug-likeness (QED) is 0.767. The van der Waals surface area contributed by atoms with Crippen molar-refractivity contribution in [2.24, 2.45) is 0 Å². The summed E-state index contributed by atoms with van der Waals surface area (Å²) < 4.78 is 22.5. The Kier molecular flexibility index (Phi) is 4.25. The zero-order valence-electron chi connectivity index (χ0n) is 10.0. The molecule has 94 valence electrons. The first kappa shape index (κ1) is 13.7. The molecule has 0 saturated heterocycles. The van der Waals surface area contributed by atoms with Crippen molar-refractivity contribution in [2.45, 2.75) is 17.7 Å². The number of hydrogen-bond acceptors (Lipinski definition) is 4. The van der Waals surface area contributed by atoms with Crippen molar-refractivity contribution in [3.8, 4) is 0 Å². The molecule has 0 bridgehead atoms. The van der Waals surface area contributed by atoms with Gasteiger partial charge in [-0.1, -0.05) is 12.1 Å². The van der Waals surface area contributed by atoms with Crippen LogP contribution in [-0.2, 0) is 14.6 Å². The van der Waals surface area contributed by atoms with Crippen molar-refractivity contribution in [3.05, 3.63) is 29.8 Å². The first-order valence-corrected chi connectivity index (χ1v) is 7.02. The topological polar surface area (TPSA) is 75.3 Å². The molecule has 1 amide bonds. The molecule has 0 radical (unpaired) electrons. The molecule has 0 aliphatic heterocycles. The van der Waals surface area contributed by atoms with Crippen LogP contribution in [0.3, 0.4) is 0 Å². The van der Waals surface area contributed by atoms with Gasteiger partial charge < -0.3 is 0 Å². The number of rotatable bonds is 4. The summed E-state index contributed by atoms with van der Waals surface area (Å²) in [5.41, 5.74) is 5.81. The standard InChI is InChI=1S/C11H16N2O3S/c1-8(11(14)13-12-2)9-4-6-10(7-5-9)17(3,15)16/h4-8,12H,1-3H3,(H,13,14). The van der Waals surface area contributed by atoms with Crippen LogP contribution >= 0.6 is 0 Å². The predicted octanol–water partition coefficient (Wildman–Crippen LogP) is 0.444. The van der Waals surface area contributed by atoms with Crippen LogP contribution in [0.5, 0.6) is 0 Å². The van der Waals surface area contributed by atoms with E-state index in [1.54, 1.807) is 26.1 Å². The van der Waals surface area contributed by atoms with Crippen molar-refractivity contribution in [2.75, 3.05) is 13.3 Å². The highest BCUT2D eigenvalue weighted by Gasteiger charge is 2.15. The largest absolute Gasteiger partial charge is 0.291 e. The average molecular weight is 256 g/mol. The van der Waals surface area contributed by atoms with Crippen molar-refractivity contribution < 1.29 is 13.2 Å². The van der Waals surface area contributed by atoms with E-state index in [0.29, 0.717) is 0 Å². The molecule has 1 aromatic carbocycles. The summed E-state index contributed by atoms with van der Waals surface area (Å²) in [6.07, 6.45) is 1.15. The van der Waals surface area contributed by atoms with Crippen LogP contribution in [0.4, 0.5) is 0 Å². The van der Waals surface area contributed by atoms with Gasteiger partial charge in [0.05, 0.1) is 10.8 Å². The molecule has 1 atom stereocenters. The Labute approximate surface area is 101 Å². The van der Waals surface area contributed by atoms with Crippen LogP contribution in [0.1, 0.15) is 18.4 Å². The summed E-state index contributed by atoms with van der Waals surface area (Å²) >= 11 is 0. The van der Waals surface area contributed by atoms with Gasteiger partial charge >= 0.3 is 0 Å². The van der Waals surface area contributed by atoms with Crippen molar-refractivity contribution in [1.82, 2.24) is 10.9 Å². The van der Waals surface area contributed by atoms with Crippen LogP contribution < -0.4 is 10.9 Å². The zero-order valence-corrected chi connectivity index (χ0v) is 10.8. The first-order chi connectivity index (χ1) is 7.86. The second kappa shape index (κ2) is 5.29. The van der Waals surface area contributed by atoms with E-state index in [-0.39, 0.29) is 16.7 Å². The van der Waals surface area contributed by atoms with Crippen molar-refractivity contribution in [3.63, 3.8) is 0 Å². The molecule has 1 aromatic rings. The minimum absolute atomic E-state index is 0.167. The number of amides is 1. The Bertz CT molecular complexity index is 494. The Hall–Kier alpha value is -1.40. The molecule has 6 heteroatoms. The molecule has 17 heavy (non-hydrogen) atoms. The third-order valence-electron chi connectivity index (χ3n) is 2.45. The average Bonchev–Trinajstić information content (AvgIpc) is 2.27. The molecule has 0 heterocycles. The van der Waals surface area contributed by atoms with E-state index in [4.69, 9.17) is 0 Å². The molecule has 0 saturated carbocycles. The summed E-state index contributed by atoms with van der Waals surface area (Å²) in [4.78, 5) is 11.8. The van der Waals surface area contributed by atoms with E-state index in [1.165, 1.54) is 12.1 Å². The second-order valence-corrected chi connectivity index (χ2v) is 5.82. The number of hydrazine groups is 1. The lowest BCUT2D eigenvalue weighted by Gasteiger charge is -2.12. The Morgan fingerprint density at radius 2 is 1.76 bits per heavy atom. The first-order valence-electron chi connectivity index (χ1n) is 5.13. The van der Waals surface area contributed by atoms with E-state index in [2.05, 4.69) is 10.9 Å². The van der Waals surface area contributed by atoms with Crippen LogP contribution in [0.25, 0.3) is 0 Å². The maximum atomic E-state index is 11.5. The second-order valence-electron chi connectivity index (χ2n) is 3.80. The van der Waals surface area contributed by atoms with E-state index in [9.17, 15) is 13.2 Å². The van der Waals surface area contributed by atoms with Gasteiger partial charge in [0.25, 0.3) is 0 Å². The highest BCUT2D eigenvalue weighted by Crippen LogP contribution is 2.17. The van der Waals surface area contributed by atoms with Crippen molar-refractivity contribution in [1.29, 1.82) is 0 Å². The maximum absolute atomic E-state index is 11.5. The lowest BCUT2D eigenvalue weighted by Crippen LogP contribution is -2.37. The monoisotopic (exact) mass is 256 g/mol. The Morgan fingerprint density at radius 3 is 2.18 bits per heavy atom. The number of nitrogens with one attached hydrogen (secondary N) is 2. The summed E-state index contributed by atoms with van der Waals surface area (Å²) in [6, 6.07) is 6.31. The van der Waals surface area contributed by atoms with Crippen molar-refractivity contribution >= 4 is 15.7 Å². The van der Waals surface area contributed by atoms with E-state index in [0.717, 1.165) is 11.8 Å². The number of hydrogen-bond donors (Lipinski definition) is 2. The summed E-state index contributed by atoms with van der Waals surface area (Å²) in [7, 11) is -1.58. The molecule has 1 unspecified atom stereocenters. The molecular formula is C11H16N2O3S. The molecule has 2 N–H and O–H groups in total. The molecule has 0 aliphatic carbocycles. The van der Waals surface area contributed by atoms with Crippen LogP contribution in [0, 0.1) is 0 Å². The van der Waals surface area contributed by atoms with E-state index >= 15 is 0 Å². The highest BCUT2D eigenvalue weighted by atomic mass is 32.2. The molecule has 5 nitrogen and oxygen atoms in total. The van der Waals surface area contributed by atoms with Crippen LogP contribution in [0.15, 0.2) is 29.2 Å². The Morgan fingerprint density at radius 1 is 1.24 bits per heavy atom. The van der Waals surface area contributed by atoms with Gasteiger partial charge in [-0.05, 0) is 24.6 Å². The van der Waals surface area contributed by atoms with Gasteiger partial charge in [0.1, 0.15) is 0 Å². The predicted molar refractivity (Wildman–Crippen MR) is 65.2 cm³/mol. The Balaban J connectivity index is 2.92. The van der Waals surface area contributed by atoms with Gasteiger partial charge in [-0.25, -0.2) is 13.8 Å². The maximum Gasteiger partial charge on any atom is 0.241 e. The van der Waals surface area contributed by atoms with Gasteiger partial charge in [-0.15, -0.1) is 0 Å². The summed E-state index contributed by atoms with van der Waals surface area (Å²) in [5.74, 6) is -0.504. The lowest BCUT2D eigenvalue weighted by atomic mass is 10.0. The number of sulfone groups is 1. The van der Waals surface area contributed by atoms with Crippen LogP contribution in [0.2, 0.25) is 0 Å². The molecule has 0 spiro atoms. The van der Waals surface area contributed by atoms with Gasteiger partial charge in [-0.3, -0.25) is 10.2 Å². The number of benzene rings is 1. The van der Waals surface area contributed by atoms with E-state index < -0.39 is 9.84 Å². The number of carbonyl (C=O) groups is 1. The smallest absolute Gasteiger partial charge is 0.241 e. The summed E-state index contributed by atoms with van der Waals surface area (Å²) in [5, 5.41) is 0. The van der Waals surface area contributed by atoms with Gasteiger partial charge in [-0.2, -0.15) is 0 Å². The van der Waals surface area contributed by atoms with Crippen LogP contribution in [-0.4, -0.2) is 27.6 Å². The minimum Gasteiger partial charge on any atom is -0.291 e. The molecule has 0 aromatic heterocycles. The third kappa shape index (κ3) is 3.54.